The van der Waals surface area contributed by atoms with E-state index in [-0.39, 0.29) is 0 Å². The zero-order valence-corrected chi connectivity index (χ0v) is 13.6. The Morgan fingerprint density at radius 3 is 2.57 bits per heavy atom. The highest BCUT2D eigenvalue weighted by atomic mass is 15.2. The van der Waals surface area contributed by atoms with Crippen LogP contribution in [0.5, 0.6) is 0 Å². The van der Waals surface area contributed by atoms with Gasteiger partial charge in [0.15, 0.2) is 0 Å². The number of benzene rings is 1. The Morgan fingerprint density at radius 2 is 1.86 bits per heavy atom. The van der Waals surface area contributed by atoms with Gasteiger partial charge < -0.3 is 5.73 Å². The van der Waals surface area contributed by atoms with E-state index in [1.807, 2.05) is 0 Å². The first-order valence-corrected chi connectivity index (χ1v) is 8.65. The van der Waals surface area contributed by atoms with Crippen LogP contribution in [-0.4, -0.2) is 24.5 Å². The summed E-state index contributed by atoms with van der Waals surface area (Å²) in [6, 6.07) is 9.79. The summed E-state index contributed by atoms with van der Waals surface area (Å²) in [5, 5.41) is 0. The molecule has 1 aliphatic carbocycles. The molecule has 1 saturated heterocycles. The van der Waals surface area contributed by atoms with Crippen LogP contribution in [0, 0.1) is 5.92 Å². The van der Waals surface area contributed by atoms with Crippen molar-refractivity contribution in [3.8, 4) is 0 Å². The first kappa shape index (κ1) is 15.1. The fraction of sp³-hybridized carbons (Fsp3) is 0.684. The summed E-state index contributed by atoms with van der Waals surface area (Å²) in [4.78, 5) is 2.74. The maximum Gasteiger partial charge on any atom is 0.0351 e. The van der Waals surface area contributed by atoms with E-state index in [2.05, 4.69) is 43.0 Å². The van der Waals surface area contributed by atoms with Gasteiger partial charge in [0.2, 0.25) is 0 Å². The second kappa shape index (κ2) is 6.10. The van der Waals surface area contributed by atoms with Crippen molar-refractivity contribution in [1.82, 2.24) is 4.90 Å². The zero-order chi connectivity index (χ0) is 14.9. The van der Waals surface area contributed by atoms with Crippen molar-refractivity contribution in [2.24, 2.45) is 11.7 Å². The van der Waals surface area contributed by atoms with Gasteiger partial charge in [0, 0.05) is 6.04 Å². The van der Waals surface area contributed by atoms with Crippen LogP contribution in [0.2, 0.25) is 0 Å². The van der Waals surface area contributed by atoms with Crippen LogP contribution in [0.3, 0.4) is 0 Å². The Kier molecular flexibility index (Phi) is 4.37. The number of nitrogens with zero attached hydrogens (tertiary/aromatic N) is 1. The topological polar surface area (TPSA) is 29.3 Å². The lowest BCUT2D eigenvalue weighted by Gasteiger charge is -2.44. The van der Waals surface area contributed by atoms with Gasteiger partial charge in [-0.1, -0.05) is 38.1 Å². The minimum absolute atomic E-state index is 0.338. The summed E-state index contributed by atoms with van der Waals surface area (Å²) < 4.78 is 0. The molecule has 1 fully saturated rings. The molecule has 21 heavy (non-hydrogen) atoms. The number of piperidine rings is 1. The summed E-state index contributed by atoms with van der Waals surface area (Å²) in [5.74, 6) is 0.863. The molecule has 3 rings (SSSR count). The Labute approximate surface area is 129 Å². The predicted octanol–water partition coefficient (Wildman–Crippen LogP) is 3.86. The average Bonchev–Trinajstić information content (AvgIpc) is 2.49. The van der Waals surface area contributed by atoms with Crippen molar-refractivity contribution in [2.45, 2.75) is 57.4 Å². The Hall–Kier alpha value is -0.860. The highest BCUT2D eigenvalue weighted by molar-refractivity contribution is 5.38. The number of fused-ring (bicyclic) bond motifs is 1. The molecule has 1 unspecified atom stereocenters. The van der Waals surface area contributed by atoms with Crippen LogP contribution in [0.15, 0.2) is 24.3 Å². The molecule has 0 aromatic heterocycles. The molecule has 0 radical (unpaired) electrons. The lowest BCUT2D eigenvalue weighted by Crippen LogP contribution is -2.40. The molecule has 2 heteroatoms. The van der Waals surface area contributed by atoms with Crippen molar-refractivity contribution in [3.05, 3.63) is 35.4 Å². The molecule has 1 aliphatic heterocycles. The van der Waals surface area contributed by atoms with Gasteiger partial charge in [-0.25, -0.2) is 0 Å². The van der Waals surface area contributed by atoms with Crippen molar-refractivity contribution >= 4 is 0 Å². The zero-order valence-electron chi connectivity index (χ0n) is 13.6. The molecule has 2 aliphatic rings. The molecule has 1 heterocycles. The first-order valence-electron chi connectivity index (χ1n) is 8.65. The van der Waals surface area contributed by atoms with Crippen LogP contribution in [-0.2, 0) is 5.41 Å². The number of rotatable bonds is 3. The minimum atomic E-state index is 0.338. The van der Waals surface area contributed by atoms with Gasteiger partial charge in [-0.15, -0.1) is 0 Å². The van der Waals surface area contributed by atoms with Crippen molar-refractivity contribution in [3.63, 3.8) is 0 Å². The minimum Gasteiger partial charge on any atom is -0.330 e. The second-order valence-electron chi connectivity index (χ2n) is 7.58. The lowest BCUT2D eigenvalue weighted by molar-refractivity contribution is 0.110. The molecule has 1 aromatic carbocycles. The van der Waals surface area contributed by atoms with Crippen LogP contribution in [0.25, 0.3) is 0 Å². The summed E-state index contributed by atoms with van der Waals surface area (Å²) in [6.45, 7) is 8.16. The molecule has 2 N–H and O–H groups in total. The maximum atomic E-state index is 5.72. The summed E-state index contributed by atoms with van der Waals surface area (Å²) in [5.41, 5.74) is 9.22. The fourth-order valence-corrected chi connectivity index (χ4v) is 4.36. The Morgan fingerprint density at radius 1 is 1.14 bits per heavy atom. The largest absolute Gasteiger partial charge is 0.330 e. The van der Waals surface area contributed by atoms with E-state index in [1.165, 1.54) is 45.2 Å². The molecule has 0 bridgehead atoms. The van der Waals surface area contributed by atoms with Crippen LogP contribution in [0.4, 0.5) is 0 Å². The van der Waals surface area contributed by atoms with E-state index in [0.29, 0.717) is 11.5 Å². The van der Waals surface area contributed by atoms with E-state index < -0.39 is 0 Å². The van der Waals surface area contributed by atoms with E-state index in [9.17, 15) is 0 Å². The molecule has 1 aromatic rings. The van der Waals surface area contributed by atoms with E-state index in [0.717, 1.165) is 12.5 Å². The quantitative estimate of drug-likeness (QED) is 0.914. The van der Waals surface area contributed by atoms with Crippen LogP contribution >= 0.6 is 0 Å². The van der Waals surface area contributed by atoms with Gasteiger partial charge in [0.05, 0.1) is 0 Å². The molecule has 0 saturated carbocycles. The number of hydrogen-bond acceptors (Lipinski definition) is 2. The highest BCUT2D eigenvalue weighted by Crippen LogP contribution is 2.44. The molecule has 0 amide bonds. The maximum absolute atomic E-state index is 5.72. The monoisotopic (exact) mass is 286 g/mol. The smallest absolute Gasteiger partial charge is 0.0351 e. The number of likely N-dealkylation sites (tertiary alicyclic amines) is 1. The lowest BCUT2D eigenvalue weighted by atomic mass is 9.70. The molecule has 0 spiro atoms. The molecule has 1 atom stereocenters. The summed E-state index contributed by atoms with van der Waals surface area (Å²) in [6.07, 6.45) is 6.49. The van der Waals surface area contributed by atoms with Gasteiger partial charge in [-0.3, -0.25) is 4.90 Å². The van der Waals surface area contributed by atoms with Crippen LogP contribution < -0.4 is 5.73 Å². The number of hydrogen-bond donors (Lipinski definition) is 1. The molecule has 2 nitrogen and oxygen atoms in total. The summed E-state index contributed by atoms with van der Waals surface area (Å²) in [7, 11) is 0. The summed E-state index contributed by atoms with van der Waals surface area (Å²) >= 11 is 0. The van der Waals surface area contributed by atoms with Gasteiger partial charge in [0.25, 0.3) is 0 Å². The van der Waals surface area contributed by atoms with Gasteiger partial charge >= 0.3 is 0 Å². The van der Waals surface area contributed by atoms with Crippen molar-refractivity contribution in [1.29, 1.82) is 0 Å². The molecular formula is C19H30N2. The SMILES string of the molecule is CC1(C)CCC(N2CCC(CCN)CC2)c2ccccc21. The third kappa shape index (κ3) is 3.02. The molecular weight excluding hydrogens is 256 g/mol. The Bertz CT molecular complexity index is 472. The van der Waals surface area contributed by atoms with Gasteiger partial charge in [0.1, 0.15) is 0 Å². The predicted molar refractivity (Wildman–Crippen MR) is 89.4 cm³/mol. The van der Waals surface area contributed by atoms with E-state index >= 15 is 0 Å². The van der Waals surface area contributed by atoms with Crippen molar-refractivity contribution in [2.75, 3.05) is 19.6 Å². The average molecular weight is 286 g/mol. The second-order valence-corrected chi connectivity index (χ2v) is 7.58. The van der Waals surface area contributed by atoms with E-state index in [1.54, 1.807) is 11.1 Å². The van der Waals surface area contributed by atoms with Crippen molar-refractivity contribution < 1.29 is 0 Å². The Balaban J connectivity index is 1.76. The third-order valence-electron chi connectivity index (χ3n) is 5.76. The standard InChI is InChI=1S/C19H30N2/c1-19(2)11-7-18(16-5-3-4-6-17(16)19)21-13-9-15(8-12-20)10-14-21/h3-6,15,18H,7-14,20H2,1-2H3. The van der Waals surface area contributed by atoms with Gasteiger partial charge in [-0.05, 0) is 74.2 Å². The number of nitrogens with two attached hydrogens (primary N) is 1. The normalized spacial score (nSPS) is 26.5. The fourth-order valence-electron chi connectivity index (χ4n) is 4.36. The third-order valence-corrected chi connectivity index (χ3v) is 5.76. The molecule has 116 valence electrons. The van der Waals surface area contributed by atoms with E-state index in [4.69, 9.17) is 5.73 Å². The van der Waals surface area contributed by atoms with Crippen LogP contribution in [0.1, 0.15) is 63.1 Å². The highest BCUT2D eigenvalue weighted by Gasteiger charge is 2.35. The first-order chi connectivity index (χ1) is 10.1. The van der Waals surface area contributed by atoms with Gasteiger partial charge in [-0.2, -0.15) is 0 Å².